The van der Waals surface area contributed by atoms with Gasteiger partial charge in [-0.1, -0.05) is 0 Å². The molecule has 0 aromatic carbocycles. The molecule has 0 amide bonds. The Labute approximate surface area is 97.9 Å². The van der Waals surface area contributed by atoms with Gasteiger partial charge in [0.1, 0.15) is 0 Å². The summed E-state index contributed by atoms with van der Waals surface area (Å²) in [6.07, 6.45) is 3.74. The van der Waals surface area contributed by atoms with Gasteiger partial charge in [0, 0.05) is 43.6 Å². The minimum atomic E-state index is 0.257. The van der Waals surface area contributed by atoms with Crippen molar-refractivity contribution in [2.75, 3.05) is 19.6 Å². The Bertz CT molecular complexity index is 329. The average molecular weight is 219 g/mol. The van der Waals surface area contributed by atoms with E-state index in [0.29, 0.717) is 6.04 Å². The van der Waals surface area contributed by atoms with Crippen molar-refractivity contribution in [3.05, 3.63) is 30.1 Å². The second-order valence-corrected chi connectivity index (χ2v) is 5.40. The number of piperazine rings is 1. The molecule has 1 aliphatic heterocycles. The van der Waals surface area contributed by atoms with Gasteiger partial charge in [0.15, 0.2) is 0 Å². The molecule has 0 spiro atoms. The molecule has 1 saturated heterocycles. The SMILES string of the molecule is CC(C)(C)N1CCNC(c2ccncc2)C1. The van der Waals surface area contributed by atoms with E-state index in [1.165, 1.54) is 5.56 Å². The van der Waals surface area contributed by atoms with Gasteiger partial charge in [0.05, 0.1) is 0 Å². The van der Waals surface area contributed by atoms with Crippen LogP contribution >= 0.6 is 0 Å². The van der Waals surface area contributed by atoms with E-state index >= 15 is 0 Å². The Balaban J connectivity index is 2.08. The predicted octanol–water partition coefficient (Wildman–Crippen LogP) is 1.83. The maximum absolute atomic E-state index is 4.07. The van der Waals surface area contributed by atoms with E-state index in [4.69, 9.17) is 0 Å². The summed E-state index contributed by atoms with van der Waals surface area (Å²) in [6.45, 7) is 10.1. The van der Waals surface area contributed by atoms with E-state index in [1.54, 1.807) is 0 Å². The van der Waals surface area contributed by atoms with Gasteiger partial charge in [-0.25, -0.2) is 0 Å². The molecule has 1 N–H and O–H groups in total. The molecular weight excluding hydrogens is 198 g/mol. The monoisotopic (exact) mass is 219 g/mol. The number of rotatable bonds is 1. The summed E-state index contributed by atoms with van der Waals surface area (Å²) in [6, 6.07) is 4.64. The molecule has 1 aromatic rings. The molecular formula is C13H21N3. The molecule has 0 saturated carbocycles. The summed E-state index contributed by atoms with van der Waals surface area (Å²) >= 11 is 0. The van der Waals surface area contributed by atoms with Crippen LogP contribution in [0, 0.1) is 0 Å². The molecule has 3 heteroatoms. The van der Waals surface area contributed by atoms with Gasteiger partial charge in [-0.3, -0.25) is 9.88 Å². The third-order valence-electron chi connectivity index (χ3n) is 3.23. The standard InChI is InChI=1S/C13H21N3/c1-13(2,3)16-9-8-15-12(10-16)11-4-6-14-7-5-11/h4-7,12,15H,8-10H2,1-3H3. The first-order valence-electron chi connectivity index (χ1n) is 5.96. The van der Waals surface area contributed by atoms with Crippen LogP contribution in [0.15, 0.2) is 24.5 Å². The summed E-state index contributed by atoms with van der Waals surface area (Å²) in [5, 5.41) is 3.57. The van der Waals surface area contributed by atoms with Gasteiger partial charge < -0.3 is 5.32 Å². The van der Waals surface area contributed by atoms with Gasteiger partial charge in [-0.15, -0.1) is 0 Å². The average Bonchev–Trinajstić information content (AvgIpc) is 2.29. The molecule has 1 atom stereocenters. The fraction of sp³-hybridized carbons (Fsp3) is 0.615. The Kier molecular flexibility index (Phi) is 3.26. The van der Waals surface area contributed by atoms with Gasteiger partial charge in [0.25, 0.3) is 0 Å². The summed E-state index contributed by atoms with van der Waals surface area (Å²) in [5.41, 5.74) is 1.59. The van der Waals surface area contributed by atoms with Crippen molar-refractivity contribution in [3.63, 3.8) is 0 Å². The third kappa shape index (κ3) is 2.60. The molecule has 88 valence electrons. The smallest absolute Gasteiger partial charge is 0.0451 e. The normalized spacial score (nSPS) is 23.3. The molecule has 0 radical (unpaired) electrons. The molecule has 2 heterocycles. The fourth-order valence-corrected chi connectivity index (χ4v) is 2.18. The van der Waals surface area contributed by atoms with E-state index in [9.17, 15) is 0 Å². The minimum Gasteiger partial charge on any atom is -0.308 e. The van der Waals surface area contributed by atoms with Crippen LogP contribution in [0.25, 0.3) is 0 Å². The van der Waals surface area contributed by atoms with Crippen LogP contribution in [0.2, 0.25) is 0 Å². The van der Waals surface area contributed by atoms with Crippen LogP contribution in [-0.4, -0.2) is 35.1 Å². The molecule has 2 rings (SSSR count). The predicted molar refractivity (Wildman–Crippen MR) is 66.3 cm³/mol. The number of nitrogens with zero attached hydrogens (tertiary/aromatic N) is 2. The minimum absolute atomic E-state index is 0.257. The Morgan fingerprint density at radius 3 is 2.62 bits per heavy atom. The lowest BCUT2D eigenvalue weighted by Gasteiger charge is -2.42. The van der Waals surface area contributed by atoms with Gasteiger partial charge in [-0.05, 0) is 38.5 Å². The third-order valence-corrected chi connectivity index (χ3v) is 3.23. The molecule has 0 aliphatic carbocycles. The van der Waals surface area contributed by atoms with Crippen molar-refractivity contribution in [3.8, 4) is 0 Å². The summed E-state index contributed by atoms with van der Waals surface area (Å²) < 4.78 is 0. The zero-order valence-electron chi connectivity index (χ0n) is 10.4. The second-order valence-electron chi connectivity index (χ2n) is 5.40. The highest BCUT2D eigenvalue weighted by atomic mass is 15.2. The van der Waals surface area contributed by atoms with E-state index in [1.807, 2.05) is 12.4 Å². The molecule has 3 nitrogen and oxygen atoms in total. The van der Waals surface area contributed by atoms with Crippen LogP contribution in [0.1, 0.15) is 32.4 Å². The second kappa shape index (κ2) is 4.52. The lowest BCUT2D eigenvalue weighted by atomic mass is 10.00. The van der Waals surface area contributed by atoms with Crippen molar-refractivity contribution in [1.29, 1.82) is 0 Å². The largest absolute Gasteiger partial charge is 0.308 e. The molecule has 16 heavy (non-hydrogen) atoms. The number of hydrogen-bond acceptors (Lipinski definition) is 3. The fourth-order valence-electron chi connectivity index (χ4n) is 2.18. The van der Waals surface area contributed by atoms with Crippen LogP contribution in [-0.2, 0) is 0 Å². The van der Waals surface area contributed by atoms with Crippen LogP contribution in [0.4, 0.5) is 0 Å². The van der Waals surface area contributed by atoms with E-state index < -0.39 is 0 Å². The van der Waals surface area contributed by atoms with Gasteiger partial charge in [-0.2, -0.15) is 0 Å². The number of nitrogens with one attached hydrogen (secondary N) is 1. The van der Waals surface area contributed by atoms with Crippen LogP contribution in [0.3, 0.4) is 0 Å². The maximum Gasteiger partial charge on any atom is 0.0451 e. The zero-order chi connectivity index (χ0) is 11.6. The lowest BCUT2D eigenvalue weighted by Crippen LogP contribution is -2.53. The highest BCUT2D eigenvalue weighted by Crippen LogP contribution is 2.22. The number of aromatic nitrogens is 1. The quantitative estimate of drug-likeness (QED) is 0.781. The highest BCUT2D eigenvalue weighted by Gasteiger charge is 2.27. The van der Waals surface area contributed by atoms with Gasteiger partial charge >= 0.3 is 0 Å². The van der Waals surface area contributed by atoms with E-state index in [2.05, 4.69) is 48.1 Å². The summed E-state index contributed by atoms with van der Waals surface area (Å²) in [4.78, 5) is 6.60. The van der Waals surface area contributed by atoms with Crippen molar-refractivity contribution >= 4 is 0 Å². The van der Waals surface area contributed by atoms with Crippen LogP contribution < -0.4 is 5.32 Å². The summed E-state index contributed by atoms with van der Waals surface area (Å²) in [5.74, 6) is 0. The first-order chi connectivity index (χ1) is 7.57. The highest BCUT2D eigenvalue weighted by molar-refractivity contribution is 5.16. The van der Waals surface area contributed by atoms with Crippen molar-refractivity contribution in [1.82, 2.24) is 15.2 Å². The van der Waals surface area contributed by atoms with E-state index in [0.717, 1.165) is 19.6 Å². The molecule has 1 fully saturated rings. The first kappa shape index (κ1) is 11.6. The van der Waals surface area contributed by atoms with Crippen molar-refractivity contribution in [2.24, 2.45) is 0 Å². The molecule has 0 bridgehead atoms. The molecule has 1 unspecified atom stereocenters. The topological polar surface area (TPSA) is 28.2 Å². The Morgan fingerprint density at radius 2 is 2.00 bits per heavy atom. The summed E-state index contributed by atoms with van der Waals surface area (Å²) in [7, 11) is 0. The molecule has 1 aromatic heterocycles. The van der Waals surface area contributed by atoms with Crippen molar-refractivity contribution < 1.29 is 0 Å². The van der Waals surface area contributed by atoms with Crippen molar-refractivity contribution in [2.45, 2.75) is 32.4 Å². The Hall–Kier alpha value is -0.930. The van der Waals surface area contributed by atoms with Gasteiger partial charge in [0.2, 0.25) is 0 Å². The number of hydrogen-bond donors (Lipinski definition) is 1. The Morgan fingerprint density at radius 1 is 1.31 bits per heavy atom. The van der Waals surface area contributed by atoms with Crippen LogP contribution in [0.5, 0.6) is 0 Å². The maximum atomic E-state index is 4.07. The zero-order valence-corrected chi connectivity index (χ0v) is 10.4. The first-order valence-corrected chi connectivity index (χ1v) is 5.96. The van der Waals surface area contributed by atoms with E-state index in [-0.39, 0.29) is 5.54 Å². The number of pyridine rings is 1. The lowest BCUT2D eigenvalue weighted by molar-refractivity contribution is 0.0957. The molecule has 1 aliphatic rings.